The zero-order valence-corrected chi connectivity index (χ0v) is 18.6. The number of rotatable bonds is 20. The molecule has 0 atom stereocenters. The molecule has 0 aromatic carbocycles. The highest BCUT2D eigenvalue weighted by Gasteiger charge is 2.20. The summed E-state index contributed by atoms with van der Waals surface area (Å²) in [6.07, 6.45) is 17.9. The molecule has 0 saturated heterocycles. The van der Waals surface area contributed by atoms with Crippen LogP contribution >= 0.6 is 0 Å². The van der Waals surface area contributed by atoms with Crippen molar-refractivity contribution in [3.05, 3.63) is 0 Å². The molecule has 0 bridgehead atoms. The van der Waals surface area contributed by atoms with E-state index < -0.39 is 0 Å². The molecule has 7 nitrogen and oxygen atoms in total. The SMILES string of the molecule is NC(N)=NCCCCCCCCNCCCCCCCCNC(N)=NCC1CC1. The fourth-order valence-electron chi connectivity index (χ4n) is 3.28. The van der Waals surface area contributed by atoms with Crippen LogP contribution in [-0.4, -0.2) is 44.6 Å². The Hall–Kier alpha value is -1.50. The second-order valence-corrected chi connectivity index (χ2v) is 8.40. The maximum Gasteiger partial charge on any atom is 0.188 e. The molecule has 0 spiro atoms. The molecule has 7 heteroatoms. The van der Waals surface area contributed by atoms with Gasteiger partial charge in [-0.15, -0.1) is 0 Å². The second-order valence-electron chi connectivity index (χ2n) is 8.40. The van der Waals surface area contributed by atoms with Crippen molar-refractivity contribution < 1.29 is 0 Å². The molecule has 0 amide bonds. The van der Waals surface area contributed by atoms with Crippen LogP contribution in [0.5, 0.6) is 0 Å². The molecule has 8 N–H and O–H groups in total. The molecular formula is C22H47N7. The summed E-state index contributed by atoms with van der Waals surface area (Å²) < 4.78 is 0. The number of guanidine groups is 2. The third-order valence-electron chi connectivity index (χ3n) is 5.36. The summed E-state index contributed by atoms with van der Waals surface area (Å²) >= 11 is 0. The van der Waals surface area contributed by atoms with Crippen molar-refractivity contribution in [2.75, 3.05) is 32.7 Å². The van der Waals surface area contributed by atoms with Crippen molar-refractivity contribution in [3.8, 4) is 0 Å². The van der Waals surface area contributed by atoms with Gasteiger partial charge in [0.1, 0.15) is 0 Å². The van der Waals surface area contributed by atoms with Gasteiger partial charge in [-0.2, -0.15) is 0 Å². The van der Waals surface area contributed by atoms with Crippen LogP contribution in [0, 0.1) is 5.92 Å². The minimum atomic E-state index is 0.207. The summed E-state index contributed by atoms with van der Waals surface area (Å²) in [6.45, 7) is 4.95. The lowest BCUT2D eigenvalue weighted by atomic mass is 10.1. The lowest BCUT2D eigenvalue weighted by Crippen LogP contribution is -2.32. The van der Waals surface area contributed by atoms with Crippen LogP contribution in [0.4, 0.5) is 0 Å². The summed E-state index contributed by atoms with van der Waals surface area (Å²) in [5.74, 6) is 1.65. The van der Waals surface area contributed by atoms with Gasteiger partial charge in [0.25, 0.3) is 0 Å². The van der Waals surface area contributed by atoms with Gasteiger partial charge in [0.2, 0.25) is 0 Å². The first-order valence-electron chi connectivity index (χ1n) is 12.0. The van der Waals surface area contributed by atoms with Gasteiger partial charge in [0, 0.05) is 19.6 Å². The van der Waals surface area contributed by atoms with Crippen LogP contribution in [0.3, 0.4) is 0 Å². The van der Waals surface area contributed by atoms with Gasteiger partial charge in [-0.3, -0.25) is 9.98 Å². The van der Waals surface area contributed by atoms with Gasteiger partial charge in [-0.1, -0.05) is 51.4 Å². The van der Waals surface area contributed by atoms with E-state index in [0.29, 0.717) is 5.96 Å². The van der Waals surface area contributed by atoms with Crippen molar-refractivity contribution in [1.29, 1.82) is 0 Å². The summed E-state index contributed by atoms with van der Waals surface area (Å²) in [7, 11) is 0. The molecule has 0 unspecified atom stereocenters. The monoisotopic (exact) mass is 409 g/mol. The number of aliphatic imine (C=N–C) groups is 2. The molecular weight excluding hydrogens is 362 g/mol. The molecule has 0 aliphatic heterocycles. The first-order chi connectivity index (χ1) is 14.2. The van der Waals surface area contributed by atoms with Crippen molar-refractivity contribution in [2.45, 2.75) is 89.9 Å². The van der Waals surface area contributed by atoms with Crippen molar-refractivity contribution in [1.82, 2.24) is 10.6 Å². The molecule has 0 aromatic rings. The minimum absolute atomic E-state index is 0.207. The van der Waals surface area contributed by atoms with E-state index in [4.69, 9.17) is 17.2 Å². The Morgan fingerprint density at radius 2 is 1.17 bits per heavy atom. The third kappa shape index (κ3) is 19.6. The molecule has 29 heavy (non-hydrogen) atoms. The van der Waals surface area contributed by atoms with Crippen LogP contribution in [-0.2, 0) is 0 Å². The molecule has 1 aliphatic carbocycles. The zero-order chi connectivity index (χ0) is 21.0. The summed E-state index contributed by atoms with van der Waals surface area (Å²) in [5.41, 5.74) is 16.5. The standard InChI is InChI=1S/C22H47N7/c23-21(24)27-17-11-7-3-1-5-9-15-26-16-10-6-2-4-8-12-18-28-22(25)29-19-20-13-14-20/h20,26H,1-19H2,(H4,23,24,27)(H3,25,28,29). The molecule has 1 fully saturated rings. The average Bonchev–Trinajstić information content (AvgIpc) is 3.52. The van der Waals surface area contributed by atoms with Crippen molar-refractivity contribution in [2.24, 2.45) is 33.1 Å². The minimum Gasteiger partial charge on any atom is -0.370 e. The second kappa shape index (κ2) is 18.5. The molecule has 0 radical (unpaired) electrons. The van der Waals surface area contributed by atoms with E-state index in [1.165, 1.54) is 83.5 Å². The fourth-order valence-corrected chi connectivity index (χ4v) is 3.28. The Labute approximate surface area is 178 Å². The molecule has 1 saturated carbocycles. The van der Waals surface area contributed by atoms with E-state index in [1.807, 2.05) is 0 Å². The number of nitrogens with zero attached hydrogens (tertiary/aromatic N) is 2. The topological polar surface area (TPSA) is 127 Å². The fraction of sp³-hybridized carbons (Fsp3) is 0.909. The molecule has 0 aromatic heterocycles. The largest absolute Gasteiger partial charge is 0.370 e. The van der Waals surface area contributed by atoms with Gasteiger partial charge in [0.05, 0.1) is 0 Å². The zero-order valence-electron chi connectivity index (χ0n) is 18.6. The molecule has 0 heterocycles. The Bertz CT molecular complexity index is 429. The number of nitrogens with one attached hydrogen (secondary N) is 2. The number of unbranched alkanes of at least 4 members (excludes halogenated alkanes) is 10. The highest BCUT2D eigenvalue weighted by Crippen LogP contribution is 2.28. The van der Waals surface area contributed by atoms with Gasteiger partial charge in [-0.25, -0.2) is 0 Å². The third-order valence-corrected chi connectivity index (χ3v) is 5.36. The maximum absolute atomic E-state index is 5.85. The van der Waals surface area contributed by atoms with Crippen molar-refractivity contribution >= 4 is 11.9 Å². The van der Waals surface area contributed by atoms with Crippen LogP contribution in [0.25, 0.3) is 0 Å². The Morgan fingerprint density at radius 3 is 1.72 bits per heavy atom. The lowest BCUT2D eigenvalue weighted by molar-refractivity contribution is 0.539. The van der Waals surface area contributed by atoms with Gasteiger partial charge in [-0.05, 0) is 57.5 Å². The summed E-state index contributed by atoms with van der Waals surface area (Å²) in [6, 6.07) is 0. The van der Waals surface area contributed by atoms with Crippen molar-refractivity contribution in [3.63, 3.8) is 0 Å². The first kappa shape index (κ1) is 25.5. The van der Waals surface area contributed by atoms with E-state index in [-0.39, 0.29) is 5.96 Å². The number of nitrogens with two attached hydrogens (primary N) is 3. The normalized spacial score (nSPS) is 14.1. The van der Waals surface area contributed by atoms with E-state index in [2.05, 4.69) is 20.6 Å². The molecule has 1 rings (SSSR count). The predicted octanol–water partition coefficient (Wildman–Crippen LogP) is 2.84. The Morgan fingerprint density at radius 1 is 0.655 bits per heavy atom. The smallest absolute Gasteiger partial charge is 0.188 e. The van der Waals surface area contributed by atoms with Crippen LogP contribution in [0.2, 0.25) is 0 Å². The van der Waals surface area contributed by atoms with Gasteiger partial charge >= 0.3 is 0 Å². The highest BCUT2D eigenvalue weighted by molar-refractivity contribution is 5.77. The van der Waals surface area contributed by atoms with Gasteiger partial charge in [0.15, 0.2) is 11.9 Å². The first-order valence-corrected chi connectivity index (χ1v) is 12.0. The molecule has 170 valence electrons. The summed E-state index contributed by atoms with van der Waals surface area (Å²) in [5, 5.41) is 6.80. The van der Waals surface area contributed by atoms with E-state index >= 15 is 0 Å². The maximum atomic E-state index is 5.85. The number of hydrogen-bond acceptors (Lipinski definition) is 3. The summed E-state index contributed by atoms with van der Waals surface area (Å²) in [4.78, 5) is 8.37. The quantitative estimate of drug-likeness (QED) is 0.120. The lowest BCUT2D eigenvalue weighted by Gasteiger charge is -2.06. The van der Waals surface area contributed by atoms with Crippen LogP contribution < -0.4 is 27.8 Å². The highest BCUT2D eigenvalue weighted by atomic mass is 15.1. The van der Waals surface area contributed by atoms with Gasteiger partial charge < -0.3 is 27.8 Å². The molecule has 1 aliphatic rings. The number of hydrogen-bond donors (Lipinski definition) is 5. The van der Waals surface area contributed by atoms with E-state index in [1.54, 1.807) is 0 Å². The van der Waals surface area contributed by atoms with Crippen LogP contribution in [0.1, 0.15) is 89.9 Å². The van der Waals surface area contributed by atoms with Crippen LogP contribution in [0.15, 0.2) is 9.98 Å². The Kier molecular flexibility index (Phi) is 16.3. The van der Waals surface area contributed by atoms with E-state index in [9.17, 15) is 0 Å². The van der Waals surface area contributed by atoms with E-state index in [0.717, 1.165) is 45.1 Å². The Balaban J connectivity index is 1.67. The predicted molar refractivity (Wildman–Crippen MR) is 126 cm³/mol. The average molecular weight is 410 g/mol.